The first-order chi connectivity index (χ1) is 9.86. The molecule has 2 heterocycles. The zero-order valence-electron chi connectivity index (χ0n) is 11.8. The second-order valence-electron chi connectivity index (χ2n) is 5.07. The number of piperazine rings is 1. The van der Waals surface area contributed by atoms with Gasteiger partial charge in [0.05, 0.1) is 0 Å². The highest BCUT2D eigenvalue weighted by Gasteiger charge is 2.17. The van der Waals surface area contributed by atoms with E-state index in [4.69, 9.17) is 4.42 Å². The van der Waals surface area contributed by atoms with Crippen molar-refractivity contribution in [2.75, 3.05) is 31.1 Å². The summed E-state index contributed by atoms with van der Waals surface area (Å²) in [7, 11) is 0. The Hall–Kier alpha value is -1.88. The third-order valence-electron chi connectivity index (χ3n) is 3.54. The van der Waals surface area contributed by atoms with Crippen LogP contribution in [0.2, 0.25) is 0 Å². The molecule has 5 nitrogen and oxygen atoms in total. The maximum absolute atomic E-state index is 5.78. The molecule has 1 aliphatic rings. The average molecular weight is 272 g/mol. The smallest absolute Gasteiger partial charge is 0.318 e. The quantitative estimate of drug-likeness (QED) is 0.923. The molecule has 20 heavy (non-hydrogen) atoms. The minimum absolute atomic E-state index is 0.599. The van der Waals surface area contributed by atoms with E-state index in [1.165, 1.54) is 5.56 Å². The largest absolute Gasteiger partial charge is 0.403 e. The summed E-state index contributed by atoms with van der Waals surface area (Å²) in [6.07, 6.45) is 2.27. The van der Waals surface area contributed by atoms with Gasteiger partial charge in [-0.15, -0.1) is 5.10 Å². The van der Waals surface area contributed by atoms with Gasteiger partial charge < -0.3 is 14.6 Å². The summed E-state index contributed by atoms with van der Waals surface area (Å²) < 4.78 is 5.78. The van der Waals surface area contributed by atoms with E-state index in [0.717, 1.165) is 44.6 Å². The first-order valence-electron chi connectivity index (χ1n) is 7.25. The van der Waals surface area contributed by atoms with E-state index in [9.17, 15) is 0 Å². The third kappa shape index (κ3) is 2.82. The molecule has 2 aromatic rings. The molecule has 1 aromatic heterocycles. The highest BCUT2D eigenvalue weighted by molar-refractivity contribution is 5.54. The van der Waals surface area contributed by atoms with Crippen LogP contribution in [0.15, 0.2) is 28.7 Å². The van der Waals surface area contributed by atoms with Crippen LogP contribution in [0.4, 0.5) is 6.01 Å². The van der Waals surface area contributed by atoms with Gasteiger partial charge in [-0.3, -0.25) is 0 Å². The molecule has 0 atom stereocenters. The molecular weight excluding hydrogens is 252 g/mol. The van der Waals surface area contributed by atoms with Crippen LogP contribution in [-0.2, 0) is 6.42 Å². The number of hydrogen-bond donors (Lipinski definition) is 1. The number of aromatic nitrogens is 2. The molecule has 0 aliphatic carbocycles. The van der Waals surface area contributed by atoms with E-state index >= 15 is 0 Å². The molecule has 0 spiro atoms. The van der Waals surface area contributed by atoms with E-state index in [1.54, 1.807) is 0 Å². The second-order valence-corrected chi connectivity index (χ2v) is 5.07. The molecule has 0 amide bonds. The van der Waals surface area contributed by atoms with Crippen molar-refractivity contribution in [1.82, 2.24) is 15.5 Å². The van der Waals surface area contributed by atoms with Crippen molar-refractivity contribution in [1.29, 1.82) is 0 Å². The number of aryl methyl sites for hydroxylation is 1. The highest BCUT2D eigenvalue weighted by Crippen LogP contribution is 2.22. The van der Waals surface area contributed by atoms with Crippen LogP contribution in [0, 0.1) is 0 Å². The fraction of sp³-hybridized carbons (Fsp3) is 0.467. The molecule has 106 valence electrons. The number of rotatable bonds is 4. The summed E-state index contributed by atoms with van der Waals surface area (Å²) in [5, 5.41) is 11.6. The molecule has 3 rings (SSSR count). The number of anilines is 1. The Morgan fingerprint density at radius 1 is 1.15 bits per heavy atom. The Balaban J connectivity index is 1.75. The Morgan fingerprint density at radius 2 is 1.90 bits per heavy atom. The van der Waals surface area contributed by atoms with Crippen LogP contribution in [-0.4, -0.2) is 36.4 Å². The fourth-order valence-electron chi connectivity index (χ4n) is 2.42. The predicted molar refractivity (Wildman–Crippen MR) is 78.8 cm³/mol. The monoisotopic (exact) mass is 272 g/mol. The van der Waals surface area contributed by atoms with E-state index in [-0.39, 0.29) is 0 Å². The van der Waals surface area contributed by atoms with Crippen molar-refractivity contribution >= 4 is 6.01 Å². The lowest BCUT2D eigenvalue weighted by Crippen LogP contribution is -2.43. The van der Waals surface area contributed by atoms with Crippen molar-refractivity contribution in [3.63, 3.8) is 0 Å². The lowest BCUT2D eigenvalue weighted by atomic mass is 10.1. The zero-order valence-corrected chi connectivity index (χ0v) is 11.8. The summed E-state index contributed by atoms with van der Waals surface area (Å²) in [6.45, 7) is 5.94. The van der Waals surface area contributed by atoms with E-state index in [0.29, 0.717) is 11.9 Å². The van der Waals surface area contributed by atoms with Gasteiger partial charge in [0, 0.05) is 31.7 Å². The average Bonchev–Trinajstić information content (AvgIpc) is 2.99. The SMILES string of the molecule is CCCc1ccc(-c2nnc(N3CCNCC3)o2)cc1. The molecular formula is C15H20N4O. The lowest BCUT2D eigenvalue weighted by Gasteiger charge is -2.24. The second kappa shape index (κ2) is 6.05. The van der Waals surface area contributed by atoms with Crippen LogP contribution >= 0.6 is 0 Å². The number of nitrogens with one attached hydrogen (secondary N) is 1. The van der Waals surface area contributed by atoms with Gasteiger partial charge >= 0.3 is 6.01 Å². The first kappa shape index (κ1) is 13.1. The van der Waals surface area contributed by atoms with Crippen LogP contribution in [0.1, 0.15) is 18.9 Å². The number of nitrogens with zero attached hydrogens (tertiary/aromatic N) is 3. The molecule has 0 radical (unpaired) electrons. The fourth-order valence-corrected chi connectivity index (χ4v) is 2.42. The molecule has 0 bridgehead atoms. The lowest BCUT2D eigenvalue weighted by molar-refractivity contribution is 0.505. The summed E-state index contributed by atoms with van der Waals surface area (Å²) in [5.41, 5.74) is 2.33. The molecule has 1 aromatic carbocycles. The number of benzene rings is 1. The van der Waals surface area contributed by atoms with Gasteiger partial charge in [0.2, 0.25) is 5.89 Å². The van der Waals surface area contributed by atoms with Crippen molar-refractivity contribution in [3.05, 3.63) is 29.8 Å². The van der Waals surface area contributed by atoms with Gasteiger partial charge in [0.15, 0.2) is 0 Å². The van der Waals surface area contributed by atoms with Crippen LogP contribution in [0.5, 0.6) is 0 Å². The minimum Gasteiger partial charge on any atom is -0.403 e. The third-order valence-corrected chi connectivity index (χ3v) is 3.54. The van der Waals surface area contributed by atoms with Crippen LogP contribution in [0.25, 0.3) is 11.5 Å². The molecule has 0 unspecified atom stereocenters. The minimum atomic E-state index is 0.599. The maximum atomic E-state index is 5.78. The zero-order chi connectivity index (χ0) is 13.8. The van der Waals surface area contributed by atoms with Crippen LogP contribution < -0.4 is 10.2 Å². The van der Waals surface area contributed by atoms with E-state index < -0.39 is 0 Å². The van der Waals surface area contributed by atoms with Crippen molar-refractivity contribution in [3.8, 4) is 11.5 Å². The first-order valence-corrected chi connectivity index (χ1v) is 7.25. The van der Waals surface area contributed by atoms with E-state index in [1.807, 2.05) is 0 Å². The summed E-state index contributed by atoms with van der Waals surface area (Å²) in [6, 6.07) is 9.00. The molecule has 5 heteroatoms. The van der Waals surface area contributed by atoms with Gasteiger partial charge in [-0.2, -0.15) is 0 Å². The van der Waals surface area contributed by atoms with Gasteiger partial charge in [-0.1, -0.05) is 30.6 Å². The van der Waals surface area contributed by atoms with Gasteiger partial charge in [-0.05, 0) is 24.1 Å². The molecule has 1 N–H and O–H groups in total. The summed E-state index contributed by atoms with van der Waals surface area (Å²) in [5.74, 6) is 0.599. The summed E-state index contributed by atoms with van der Waals surface area (Å²) in [4.78, 5) is 2.12. The maximum Gasteiger partial charge on any atom is 0.318 e. The van der Waals surface area contributed by atoms with Crippen molar-refractivity contribution in [2.45, 2.75) is 19.8 Å². The molecule has 1 aliphatic heterocycles. The standard InChI is InChI=1S/C15H20N4O/c1-2-3-12-4-6-13(7-5-12)14-17-18-15(20-14)19-10-8-16-9-11-19/h4-7,16H,2-3,8-11H2,1H3. The highest BCUT2D eigenvalue weighted by atomic mass is 16.4. The number of hydrogen-bond acceptors (Lipinski definition) is 5. The van der Waals surface area contributed by atoms with Gasteiger partial charge in [-0.25, -0.2) is 0 Å². The van der Waals surface area contributed by atoms with Gasteiger partial charge in [0.25, 0.3) is 0 Å². The van der Waals surface area contributed by atoms with Crippen molar-refractivity contribution in [2.24, 2.45) is 0 Å². The van der Waals surface area contributed by atoms with Gasteiger partial charge in [0.1, 0.15) is 0 Å². The Labute approximate surface area is 119 Å². The van der Waals surface area contributed by atoms with Crippen LogP contribution in [0.3, 0.4) is 0 Å². The molecule has 0 saturated carbocycles. The van der Waals surface area contributed by atoms with Crippen molar-refractivity contribution < 1.29 is 4.42 Å². The predicted octanol–water partition coefficient (Wildman–Crippen LogP) is 2.10. The summed E-state index contributed by atoms with van der Waals surface area (Å²) >= 11 is 0. The van der Waals surface area contributed by atoms with E-state index in [2.05, 4.69) is 51.6 Å². The Morgan fingerprint density at radius 3 is 2.60 bits per heavy atom. The molecule has 1 saturated heterocycles. The molecule has 1 fully saturated rings. The Bertz CT molecular complexity index is 543. The topological polar surface area (TPSA) is 54.2 Å². The Kier molecular flexibility index (Phi) is 3.97. The normalized spacial score (nSPS) is 15.6.